The summed E-state index contributed by atoms with van der Waals surface area (Å²) in [5.74, 6) is 0.150. The van der Waals surface area contributed by atoms with Gasteiger partial charge in [0, 0.05) is 4.47 Å². The van der Waals surface area contributed by atoms with Crippen molar-refractivity contribution in [3.05, 3.63) is 57.3 Å². The molecule has 2 aromatic rings. The lowest BCUT2D eigenvalue weighted by atomic mass is 10.2. The zero-order chi connectivity index (χ0) is 13.1. The Morgan fingerprint density at radius 3 is 2.67 bits per heavy atom. The fourth-order valence-corrected chi connectivity index (χ4v) is 1.87. The van der Waals surface area contributed by atoms with Crippen LogP contribution in [0.4, 0.5) is 4.39 Å². The first-order valence-electron chi connectivity index (χ1n) is 4.98. The molecule has 92 valence electrons. The van der Waals surface area contributed by atoms with Gasteiger partial charge < -0.3 is 4.74 Å². The van der Waals surface area contributed by atoms with Crippen LogP contribution < -0.4 is 4.74 Å². The highest BCUT2D eigenvalue weighted by molar-refractivity contribution is 9.10. The summed E-state index contributed by atoms with van der Waals surface area (Å²) in [6.07, 6.45) is 0.532. The maximum absolute atomic E-state index is 13.0. The number of halogens is 3. The van der Waals surface area contributed by atoms with Crippen LogP contribution in [-0.2, 0) is 0 Å². The first kappa shape index (κ1) is 13.1. The second kappa shape index (κ2) is 5.50. The smallest absolute Gasteiger partial charge is 0.153 e. The monoisotopic (exact) mass is 328 g/mol. The minimum atomic E-state index is -0.496. The standard InChI is InChI=1S/C13H7BrClFO2/c14-9-1-3-11(15)13(6-9)18-12-4-2-10(16)5-8(12)7-17/h1-7H. The lowest BCUT2D eigenvalue weighted by Crippen LogP contribution is -1.92. The molecule has 0 heterocycles. The lowest BCUT2D eigenvalue weighted by Gasteiger charge is -2.09. The molecule has 0 radical (unpaired) electrons. The van der Waals surface area contributed by atoms with Crippen molar-refractivity contribution < 1.29 is 13.9 Å². The summed E-state index contributed by atoms with van der Waals surface area (Å²) in [7, 11) is 0. The van der Waals surface area contributed by atoms with Crippen molar-refractivity contribution in [1.29, 1.82) is 0 Å². The second-order valence-electron chi connectivity index (χ2n) is 3.48. The predicted octanol–water partition coefficient (Wildman–Crippen LogP) is 4.85. The molecule has 0 saturated carbocycles. The summed E-state index contributed by atoms with van der Waals surface area (Å²) in [5, 5.41) is 0.402. The van der Waals surface area contributed by atoms with E-state index in [-0.39, 0.29) is 11.3 Å². The maximum atomic E-state index is 13.0. The molecule has 2 rings (SSSR count). The summed E-state index contributed by atoms with van der Waals surface area (Å²) in [6, 6.07) is 8.80. The normalized spacial score (nSPS) is 10.2. The molecular formula is C13H7BrClFO2. The van der Waals surface area contributed by atoms with Gasteiger partial charge in [0.05, 0.1) is 10.6 Å². The number of rotatable bonds is 3. The fraction of sp³-hybridized carbons (Fsp3) is 0. The van der Waals surface area contributed by atoms with E-state index in [4.69, 9.17) is 16.3 Å². The molecule has 2 nitrogen and oxygen atoms in total. The Balaban J connectivity index is 2.39. The first-order chi connectivity index (χ1) is 8.60. The minimum Gasteiger partial charge on any atom is -0.455 e. The van der Waals surface area contributed by atoms with E-state index >= 15 is 0 Å². The molecule has 0 amide bonds. The van der Waals surface area contributed by atoms with Crippen LogP contribution in [0.3, 0.4) is 0 Å². The van der Waals surface area contributed by atoms with E-state index in [1.54, 1.807) is 18.2 Å². The van der Waals surface area contributed by atoms with E-state index in [1.165, 1.54) is 12.1 Å². The van der Waals surface area contributed by atoms with Gasteiger partial charge in [-0.05, 0) is 36.4 Å². The van der Waals surface area contributed by atoms with Gasteiger partial charge in [-0.2, -0.15) is 0 Å². The van der Waals surface area contributed by atoms with Gasteiger partial charge in [0.2, 0.25) is 0 Å². The quantitative estimate of drug-likeness (QED) is 0.753. The lowest BCUT2D eigenvalue weighted by molar-refractivity contribution is 0.112. The van der Waals surface area contributed by atoms with Crippen LogP contribution in [0.5, 0.6) is 11.5 Å². The number of hydrogen-bond donors (Lipinski definition) is 0. The van der Waals surface area contributed by atoms with Gasteiger partial charge in [-0.25, -0.2) is 4.39 Å². The van der Waals surface area contributed by atoms with Crippen LogP contribution in [0, 0.1) is 5.82 Å². The Bertz CT molecular complexity index is 602. The number of hydrogen-bond acceptors (Lipinski definition) is 2. The molecule has 18 heavy (non-hydrogen) atoms. The first-order valence-corrected chi connectivity index (χ1v) is 6.15. The Kier molecular flexibility index (Phi) is 3.99. The SMILES string of the molecule is O=Cc1cc(F)ccc1Oc1cc(Br)ccc1Cl. The highest BCUT2D eigenvalue weighted by atomic mass is 79.9. The molecule has 0 aliphatic carbocycles. The highest BCUT2D eigenvalue weighted by Gasteiger charge is 2.09. The molecule has 2 aromatic carbocycles. The van der Waals surface area contributed by atoms with Crippen LogP contribution in [-0.4, -0.2) is 6.29 Å². The van der Waals surface area contributed by atoms with Gasteiger partial charge in [0.1, 0.15) is 17.3 Å². The van der Waals surface area contributed by atoms with Crippen molar-refractivity contribution in [3.8, 4) is 11.5 Å². The van der Waals surface area contributed by atoms with Crippen molar-refractivity contribution in [3.63, 3.8) is 0 Å². The number of carbonyl (C=O) groups excluding carboxylic acids is 1. The molecule has 0 fully saturated rings. The van der Waals surface area contributed by atoms with E-state index < -0.39 is 5.82 Å². The summed E-state index contributed by atoms with van der Waals surface area (Å²) in [6.45, 7) is 0. The van der Waals surface area contributed by atoms with Crippen molar-refractivity contribution in [2.75, 3.05) is 0 Å². The zero-order valence-electron chi connectivity index (χ0n) is 8.99. The van der Waals surface area contributed by atoms with Crippen molar-refractivity contribution in [2.45, 2.75) is 0 Å². The highest BCUT2D eigenvalue weighted by Crippen LogP contribution is 2.33. The molecule has 5 heteroatoms. The number of aldehydes is 1. The van der Waals surface area contributed by atoms with Gasteiger partial charge in [0.25, 0.3) is 0 Å². The van der Waals surface area contributed by atoms with Gasteiger partial charge in [0.15, 0.2) is 6.29 Å². The number of benzene rings is 2. The van der Waals surface area contributed by atoms with E-state index in [1.807, 2.05) is 0 Å². The van der Waals surface area contributed by atoms with Crippen molar-refractivity contribution in [2.24, 2.45) is 0 Å². The van der Waals surface area contributed by atoms with Crippen molar-refractivity contribution in [1.82, 2.24) is 0 Å². The maximum Gasteiger partial charge on any atom is 0.153 e. The summed E-state index contributed by atoms with van der Waals surface area (Å²) in [4.78, 5) is 10.8. The summed E-state index contributed by atoms with van der Waals surface area (Å²) < 4.78 is 19.3. The average molecular weight is 330 g/mol. The Labute approximate surface area is 116 Å². The number of carbonyl (C=O) groups is 1. The molecule has 0 bridgehead atoms. The van der Waals surface area contributed by atoms with Crippen molar-refractivity contribution >= 4 is 33.8 Å². The second-order valence-corrected chi connectivity index (χ2v) is 4.80. The number of ether oxygens (including phenoxy) is 1. The molecule has 0 saturated heterocycles. The van der Waals surface area contributed by atoms with Crippen LogP contribution in [0.25, 0.3) is 0 Å². The molecule has 0 N–H and O–H groups in total. The third kappa shape index (κ3) is 2.89. The molecule has 0 unspecified atom stereocenters. The van der Waals surface area contributed by atoms with E-state index in [2.05, 4.69) is 15.9 Å². The van der Waals surface area contributed by atoms with Crippen LogP contribution in [0.2, 0.25) is 5.02 Å². The van der Waals surface area contributed by atoms with E-state index in [9.17, 15) is 9.18 Å². The predicted molar refractivity (Wildman–Crippen MR) is 71.0 cm³/mol. The van der Waals surface area contributed by atoms with Crippen LogP contribution in [0.15, 0.2) is 40.9 Å². The zero-order valence-corrected chi connectivity index (χ0v) is 11.3. The Morgan fingerprint density at radius 1 is 1.17 bits per heavy atom. The molecule has 0 spiro atoms. The van der Waals surface area contributed by atoms with Crippen LogP contribution in [0.1, 0.15) is 10.4 Å². The van der Waals surface area contributed by atoms with Crippen LogP contribution >= 0.6 is 27.5 Å². The van der Waals surface area contributed by atoms with Gasteiger partial charge >= 0.3 is 0 Å². The van der Waals surface area contributed by atoms with E-state index in [0.717, 1.165) is 10.5 Å². The Hall–Kier alpha value is -1.39. The third-order valence-electron chi connectivity index (χ3n) is 2.21. The summed E-state index contributed by atoms with van der Waals surface area (Å²) >= 11 is 9.25. The van der Waals surface area contributed by atoms with Gasteiger partial charge in [-0.3, -0.25) is 4.79 Å². The molecular weight excluding hydrogens is 322 g/mol. The summed E-state index contributed by atoms with van der Waals surface area (Å²) in [5.41, 5.74) is 0.131. The largest absolute Gasteiger partial charge is 0.455 e. The average Bonchev–Trinajstić information content (AvgIpc) is 2.36. The third-order valence-corrected chi connectivity index (χ3v) is 3.02. The fourth-order valence-electron chi connectivity index (χ4n) is 1.38. The van der Waals surface area contributed by atoms with Gasteiger partial charge in [-0.15, -0.1) is 0 Å². The van der Waals surface area contributed by atoms with E-state index in [0.29, 0.717) is 17.1 Å². The van der Waals surface area contributed by atoms with Gasteiger partial charge in [-0.1, -0.05) is 27.5 Å². The molecule has 0 atom stereocenters. The Morgan fingerprint density at radius 2 is 1.94 bits per heavy atom. The topological polar surface area (TPSA) is 26.3 Å². The minimum absolute atomic E-state index is 0.131. The molecule has 0 aliphatic rings. The molecule has 0 aliphatic heterocycles. The molecule has 0 aromatic heterocycles.